The number of likely N-dealkylation sites (tertiary alicyclic amines) is 1. The fourth-order valence-corrected chi connectivity index (χ4v) is 2.09. The minimum atomic E-state index is -1.19. The lowest BCUT2D eigenvalue weighted by Gasteiger charge is -2.25. The van der Waals surface area contributed by atoms with Crippen LogP contribution in [0.3, 0.4) is 0 Å². The van der Waals surface area contributed by atoms with Crippen LogP contribution in [0.5, 0.6) is 0 Å². The predicted octanol–water partition coefficient (Wildman–Crippen LogP) is 0.804. The highest BCUT2D eigenvalue weighted by atomic mass is 35.5. The van der Waals surface area contributed by atoms with Crippen LogP contribution in [0.1, 0.15) is 27.2 Å². The predicted molar refractivity (Wildman–Crippen MR) is 71.6 cm³/mol. The molecular formula is C12H19ClN2O5. The van der Waals surface area contributed by atoms with Crippen LogP contribution in [0.15, 0.2) is 0 Å². The second kappa shape index (κ2) is 6.30. The molecule has 1 fully saturated rings. The summed E-state index contributed by atoms with van der Waals surface area (Å²) in [6.45, 7) is 5.03. The third-order valence-electron chi connectivity index (χ3n) is 2.61. The molecule has 0 aromatic rings. The van der Waals surface area contributed by atoms with Crippen molar-refractivity contribution in [3.63, 3.8) is 0 Å². The van der Waals surface area contributed by atoms with E-state index in [9.17, 15) is 14.4 Å². The first-order chi connectivity index (χ1) is 9.10. The third kappa shape index (κ3) is 4.88. The van der Waals surface area contributed by atoms with Crippen molar-refractivity contribution < 1.29 is 24.2 Å². The summed E-state index contributed by atoms with van der Waals surface area (Å²) < 4.78 is 5.01. The summed E-state index contributed by atoms with van der Waals surface area (Å²) in [6, 6.07) is -1.14. The fourth-order valence-electron chi connectivity index (χ4n) is 1.81. The zero-order valence-electron chi connectivity index (χ0n) is 11.7. The van der Waals surface area contributed by atoms with Crippen molar-refractivity contribution in [2.75, 3.05) is 13.1 Å². The number of alkyl carbamates (subject to hydrolysis) is 1. The Morgan fingerprint density at radius 1 is 1.55 bits per heavy atom. The number of carboxylic acid groups (broad SMARTS) is 1. The maximum absolute atomic E-state index is 11.6. The van der Waals surface area contributed by atoms with E-state index in [0.29, 0.717) is 0 Å². The maximum atomic E-state index is 11.6. The average molecular weight is 307 g/mol. The first kappa shape index (κ1) is 16.6. The van der Waals surface area contributed by atoms with Crippen LogP contribution in [0.2, 0.25) is 0 Å². The molecule has 0 saturated carbocycles. The van der Waals surface area contributed by atoms with Crippen LogP contribution in [0.25, 0.3) is 0 Å². The van der Waals surface area contributed by atoms with E-state index in [1.165, 1.54) is 0 Å². The molecule has 1 saturated heterocycles. The van der Waals surface area contributed by atoms with E-state index in [2.05, 4.69) is 5.32 Å². The minimum absolute atomic E-state index is 0.109. The Kier molecular flexibility index (Phi) is 5.21. The Morgan fingerprint density at radius 3 is 2.55 bits per heavy atom. The molecule has 0 aliphatic carbocycles. The number of rotatable bonds is 4. The summed E-state index contributed by atoms with van der Waals surface area (Å²) >= 11 is 5.83. The van der Waals surface area contributed by atoms with Crippen molar-refractivity contribution in [1.82, 2.24) is 10.2 Å². The molecule has 1 unspecified atom stereocenters. The number of hydrogen-bond acceptors (Lipinski definition) is 4. The molecule has 0 aromatic heterocycles. The highest BCUT2D eigenvalue weighted by Gasteiger charge is 2.37. The molecule has 1 rings (SSSR count). The number of amides is 2. The van der Waals surface area contributed by atoms with Crippen molar-refractivity contribution in [1.29, 1.82) is 0 Å². The number of nitrogens with one attached hydrogen (secondary N) is 1. The van der Waals surface area contributed by atoms with Gasteiger partial charge in [0.15, 0.2) is 0 Å². The number of carbonyl (C=O) groups excluding carboxylic acids is 2. The van der Waals surface area contributed by atoms with Gasteiger partial charge in [-0.25, -0.2) is 9.59 Å². The number of halogens is 1. The Labute approximate surface area is 122 Å². The van der Waals surface area contributed by atoms with E-state index in [1.807, 2.05) is 0 Å². The molecule has 0 radical (unpaired) electrons. The summed E-state index contributed by atoms with van der Waals surface area (Å²) in [4.78, 5) is 35.5. The number of carbonyl (C=O) groups is 3. The van der Waals surface area contributed by atoms with Crippen LogP contribution in [-0.2, 0) is 14.3 Å². The molecule has 114 valence electrons. The lowest BCUT2D eigenvalue weighted by Crippen LogP contribution is -2.50. The Balaban J connectivity index is 2.59. The van der Waals surface area contributed by atoms with Gasteiger partial charge < -0.3 is 20.1 Å². The molecule has 0 bridgehead atoms. The second-order valence-corrected chi connectivity index (χ2v) is 6.20. The van der Waals surface area contributed by atoms with E-state index in [4.69, 9.17) is 21.4 Å². The Morgan fingerprint density at radius 2 is 2.15 bits per heavy atom. The number of ether oxygens (including phenoxy) is 1. The third-order valence-corrected chi connectivity index (χ3v) is 2.90. The van der Waals surface area contributed by atoms with Gasteiger partial charge in [-0.3, -0.25) is 4.79 Å². The van der Waals surface area contributed by atoms with Gasteiger partial charge in [0, 0.05) is 13.0 Å². The van der Waals surface area contributed by atoms with Gasteiger partial charge in [0.1, 0.15) is 11.6 Å². The molecule has 1 aliphatic rings. The number of nitrogens with zero attached hydrogens (tertiary/aromatic N) is 1. The molecule has 2 N–H and O–H groups in total. The maximum Gasteiger partial charge on any atom is 0.407 e. The van der Waals surface area contributed by atoms with Gasteiger partial charge in [0.05, 0.1) is 11.9 Å². The van der Waals surface area contributed by atoms with Crippen molar-refractivity contribution in [3.05, 3.63) is 0 Å². The normalized spacial score (nSPS) is 20.7. The van der Waals surface area contributed by atoms with Gasteiger partial charge in [-0.2, -0.15) is 0 Å². The first-order valence-electron chi connectivity index (χ1n) is 6.23. The van der Waals surface area contributed by atoms with Gasteiger partial charge in [0.25, 0.3) is 0 Å². The summed E-state index contributed by atoms with van der Waals surface area (Å²) in [5.41, 5.74) is -0.673. The van der Waals surface area contributed by atoms with E-state index >= 15 is 0 Å². The summed E-state index contributed by atoms with van der Waals surface area (Å²) in [5.74, 6) is -1.52. The fraction of sp³-hybridized carbons (Fsp3) is 0.750. The Hall–Kier alpha value is -1.50. The van der Waals surface area contributed by atoms with Crippen molar-refractivity contribution in [3.8, 4) is 0 Å². The molecule has 8 heteroatoms. The van der Waals surface area contributed by atoms with E-state index < -0.39 is 29.1 Å². The average Bonchev–Trinajstić information content (AvgIpc) is 2.55. The molecule has 7 nitrogen and oxygen atoms in total. The molecule has 0 spiro atoms. The van der Waals surface area contributed by atoms with E-state index in [-0.39, 0.29) is 25.4 Å². The van der Waals surface area contributed by atoms with Gasteiger partial charge in [-0.05, 0) is 20.8 Å². The van der Waals surface area contributed by atoms with E-state index in [1.54, 1.807) is 20.8 Å². The van der Waals surface area contributed by atoms with Crippen molar-refractivity contribution >= 4 is 29.6 Å². The molecule has 1 aliphatic heterocycles. The molecule has 2 amide bonds. The number of alkyl halides is 1. The van der Waals surface area contributed by atoms with Crippen LogP contribution < -0.4 is 5.32 Å². The SMILES string of the molecule is CC(C)(C)OC(=O)NC[C@H](C(=O)O)N1CC(Cl)CC1=O. The van der Waals surface area contributed by atoms with E-state index in [0.717, 1.165) is 4.90 Å². The van der Waals surface area contributed by atoms with Gasteiger partial charge >= 0.3 is 12.1 Å². The monoisotopic (exact) mass is 306 g/mol. The lowest BCUT2D eigenvalue weighted by molar-refractivity contribution is -0.148. The standard InChI is InChI=1S/C12H19ClN2O5/c1-12(2,3)20-11(19)14-5-8(10(17)18)15-6-7(13)4-9(15)16/h7-8H,4-6H2,1-3H3,(H,14,19)(H,17,18)/t7?,8-/m1/s1. The molecule has 1 heterocycles. The van der Waals surface area contributed by atoms with Crippen molar-refractivity contribution in [2.45, 2.75) is 44.2 Å². The summed E-state index contributed by atoms with van der Waals surface area (Å²) in [5, 5.41) is 11.1. The smallest absolute Gasteiger partial charge is 0.407 e. The summed E-state index contributed by atoms with van der Waals surface area (Å²) in [6.07, 6.45) is -0.615. The van der Waals surface area contributed by atoms with Gasteiger partial charge in [-0.1, -0.05) is 0 Å². The highest BCUT2D eigenvalue weighted by molar-refractivity contribution is 6.22. The molecule has 20 heavy (non-hydrogen) atoms. The topological polar surface area (TPSA) is 95.9 Å². The zero-order chi connectivity index (χ0) is 15.5. The van der Waals surface area contributed by atoms with Crippen LogP contribution in [0.4, 0.5) is 4.79 Å². The van der Waals surface area contributed by atoms with Crippen LogP contribution in [0, 0.1) is 0 Å². The quantitative estimate of drug-likeness (QED) is 0.749. The second-order valence-electron chi connectivity index (χ2n) is 5.58. The lowest BCUT2D eigenvalue weighted by atomic mass is 10.2. The van der Waals surface area contributed by atoms with Gasteiger partial charge in [0.2, 0.25) is 5.91 Å². The number of carboxylic acids is 1. The first-order valence-corrected chi connectivity index (χ1v) is 6.67. The molecule has 0 aromatic carbocycles. The highest BCUT2D eigenvalue weighted by Crippen LogP contribution is 2.19. The summed E-state index contributed by atoms with van der Waals surface area (Å²) in [7, 11) is 0. The number of hydrogen-bond donors (Lipinski definition) is 2. The molecular weight excluding hydrogens is 288 g/mol. The molecule has 2 atom stereocenters. The number of aliphatic carboxylic acids is 1. The van der Waals surface area contributed by atoms with Crippen molar-refractivity contribution in [2.24, 2.45) is 0 Å². The zero-order valence-corrected chi connectivity index (χ0v) is 12.4. The van der Waals surface area contributed by atoms with Crippen LogP contribution >= 0.6 is 11.6 Å². The largest absolute Gasteiger partial charge is 0.480 e. The Bertz CT molecular complexity index is 407. The minimum Gasteiger partial charge on any atom is -0.480 e. The van der Waals surface area contributed by atoms with Gasteiger partial charge in [-0.15, -0.1) is 11.6 Å². The van der Waals surface area contributed by atoms with Crippen LogP contribution in [-0.4, -0.2) is 58.1 Å².